The molecule has 24 heavy (non-hydrogen) atoms. The van der Waals surface area contributed by atoms with E-state index in [1.165, 1.54) is 0 Å². The number of urea groups is 1. The zero-order valence-corrected chi connectivity index (χ0v) is 14.4. The van der Waals surface area contributed by atoms with E-state index < -0.39 is 0 Å². The van der Waals surface area contributed by atoms with Gasteiger partial charge in [0.05, 0.1) is 0 Å². The van der Waals surface area contributed by atoms with Crippen molar-refractivity contribution < 1.29 is 9.32 Å². The number of aromatic nitrogens is 1. The number of carbonyl (C=O) groups excluding carboxylic acids is 1. The fraction of sp³-hybridized carbons (Fsp3) is 0.111. The highest BCUT2D eigenvalue weighted by Gasteiger charge is 2.08. The third kappa shape index (κ3) is 4.45. The lowest BCUT2D eigenvalue weighted by Crippen LogP contribution is -2.30. The smallest absolute Gasteiger partial charge is 0.320 e. The van der Waals surface area contributed by atoms with Crippen LogP contribution in [0.3, 0.4) is 0 Å². The summed E-state index contributed by atoms with van der Waals surface area (Å²) in [6.07, 6.45) is 0.759. The molecule has 0 bridgehead atoms. The van der Waals surface area contributed by atoms with Gasteiger partial charge in [0.2, 0.25) is 0 Å². The van der Waals surface area contributed by atoms with Crippen LogP contribution >= 0.6 is 15.9 Å². The summed E-state index contributed by atoms with van der Waals surface area (Å²) in [6, 6.07) is 19.0. The molecule has 0 saturated carbocycles. The zero-order valence-electron chi connectivity index (χ0n) is 12.8. The molecular formula is C18H16BrN3O2. The summed E-state index contributed by atoms with van der Waals surface area (Å²) in [4.78, 5) is 11.9. The molecule has 1 heterocycles. The summed E-state index contributed by atoms with van der Waals surface area (Å²) in [5.41, 5.74) is 2.07. The van der Waals surface area contributed by atoms with Crippen molar-refractivity contribution in [2.24, 2.45) is 0 Å². The quantitative estimate of drug-likeness (QED) is 0.680. The van der Waals surface area contributed by atoms with Gasteiger partial charge in [0, 0.05) is 22.6 Å². The first-order valence-corrected chi connectivity index (χ1v) is 8.31. The second-order valence-corrected chi connectivity index (χ2v) is 6.12. The molecule has 122 valence electrons. The van der Waals surface area contributed by atoms with E-state index in [-0.39, 0.29) is 6.03 Å². The maximum Gasteiger partial charge on any atom is 0.320 e. The van der Waals surface area contributed by atoms with Gasteiger partial charge in [-0.15, -0.1) is 0 Å². The second-order valence-electron chi connectivity index (χ2n) is 5.20. The predicted octanol–water partition coefficient (Wildman–Crippen LogP) is 4.47. The van der Waals surface area contributed by atoms with E-state index in [1.807, 2.05) is 54.6 Å². The maximum absolute atomic E-state index is 11.9. The Balaban J connectivity index is 1.48. The van der Waals surface area contributed by atoms with E-state index in [1.54, 1.807) is 6.07 Å². The molecule has 1 aromatic heterocycles. The molecule has 2 aromatic carbocycles. The molecule has 3 rings (SSSR count). The molecule has 2 amide bonds. The van der Waals surface area contributed by atoms with Crippen molar-refractivity contribution in [3.63, 3.8) is 0 Å². The summed E-state index contributed by atoms with van der Waals surface area (Å²) in [5.74, 6) is 0.996. The molecule has 0 aliphatic carbocycles. The Labute approximate surface area is 148 Å². The third-order valence-electron chi connectivity index (χ3n) is 3.42. The van der Waals surface area contributed by atoms with Gasteiger partial charge >= 0.3 is 6.03 Å². The van der Waals surface area contributed by atoms with Crippen LogP contribution in [0.15, 0.2) is 69.7 Å². The van der Waals surface area contributed by atoms with E-state index in [0.29, 0.717) is 18.1 Å². The number of anilines is 1. The van der Waals surface area contributed by atoms with Gasteiger partial charge in [0.15, 0.2) is 11.6 Å². The minimum Gasteiger partial charge on any atom is -0.354 e. The normalized spacial score (nSPS) is 10.4. The molecular weight excluding hydrogens is 370 g/mol. The first kappa shape index (κ1) is 16.3. The van der Waals surface area contributed by atoms with Crippen LogP contribution in [0.4, 0.5) is 10.6 Å². The Morgan fingerprint density at radius 1 is 1.08 bits per heavy atom. The number of hydrogen-bond donors (Lipinski definition) is 2. The lowest BCUT2D eigenvalue weighted by atomic mass is 10.1. The summed E-state index contributed by atoms with van der Waals surface area (Å²) < 4.78 is 6.28. The first-order chi connectivity index (χ1) is 11.7. The summed E-state index contributed by atoms with van der Waals surface area (Å²) in [7, 11) is 0. The van der Waals surface area contributed by atoms with Gasteiger partial charge in [-0.05, 0) is 24.1 Å². The van der Waals surface area contributed by atoms with Gasteiger partial charge < -0.3 is 9.84 Å². The number of nitrogens with zero attached hydrogens (tertiary/aromatic N) is 1. The molecule has 0 unspecified atom stereocenters. The van der Waals surface area contributed by atoms with Crippen molar-refractivity contribution in [3.8, 4) is 11.3 Å². The van der Waals surface area contributed by atoms with Gasteiger partial charge in [-0.3, -0.25) is 5.32 Å². The van der Waals surface area contributed by atoms with Crippen molar-refractivity contribution in [2.75, 3.05) is 11.9 Å². The fourth-order valence-corrected chi connectivity index (χ4v) is 2.47. The highest BCUT2D eigenvalue weighted by atomic mass is 79.9. The Morgan fingerprint density at radius 2 is 1.83 bits per heavy atom. The first-order valence-electron chi connectivity index (χ1n) is 7.52. The zero-order chi connectivity index (χ0) is 16.8. The van der Waals surface area contributed by atoms with Gasteiger partial charge in [-0.2, -0.15) is 0 Å². The van der Waals surface area contributed by atoms with Crippen LogP contribution in [0.25, 0.3) is 11.3 Å². The van der Waals surface area contributed by atoms with Crippen LogP contribution in [0.5, 0.6) is 0 Å². The fourth-order valence-electron chi connectivity index (χ4n) is 2.20. The summed E-state index contributed by atoms with van der Waals surface area (Å²) >= 11 is 3.40. The molecule has 0 aliphatic rings. The predicted molar refractivity (Wildman–Crippen MR) is 96.8 cm³/mol. The molecule has 3 aromatic rings. The molecule has 0 radical (unpaired) electrons. The number of amides is 2. The average molecular weight is 386 g/mol. The van der Waals surface area contributed by atoms with Crippen molar-refractivity contribution in [1.82, 2.24) is 10.5 Å². The van der Waals surface area contributed by atoms with E-state index >= 15 is 0 Å². The van der Waals surface area contributed by atoms with Gasteiger partial charge in [-0.1, -0.05) is 63.6 Å². The average Bonchev–Trinajstić information content (AvgIpc) is 3.06. The number of benzene rings is 2. The Bertz CT molecular complexity index is 801. The molecule has 0 saturated heterocycles. The monoisotopic (exact) mass is 385 g/mol. The van der Waals surface area contributed by atoms with Crippen molar-refractivity contribution in [3.05, 3.63) is 70.7 Å². The number of halogens is 1. The lowest BCUT2D eigenvalue weighted by Gasteiger charge is -2.05. The van der Waals surface area contributed by atoms with Crippen molar-refractivity contribution in [1.29, 1.82) is 0 Å². The lowest BCUT2D eigenvalue weighted by molar-refractivity contribution is 0.252. The molecule has 2 N–H and O–H groups in total. The Morgan fingerprint density at radius 3 is 2.58 bits per heavy atom. The Kier molecular flexibility index (Phi) is 5.28. The van der Waals surface area contributed by atoms with Gasteiger partial charge in [0.1, 0.15) is 0 Å². The van der Waals surface area contributed by atoms with Gasteiger partial charge in [0.25, 0.3) is 0 Å². The maximum atomic E-state index is 11.9. The number of hydrogen-bond acceptors (Lipinski definition) is 3. The molecule has 0 spiro atoms. The SMILES string of the molecule is O=C(NCCc1ccc(Br)cc1)Nc1cc(-c2ccccc2)on1. The van der Waals surface area contributed by atoms with E-state index in [9.17, 15) is 4.79 Å². The van der Waals surface area contributed by atoms with E-state index in [2.05, 4.69) is 31.7 Å². The topological polar surface area (TPSA) is 67.2 Å². The standard InChI is InChI=1S/C18H16BrN3O2/c19-15-8-6-13(7-9-15)10-11-20-18(23)21-17-12-16(24-22-17)14-4-2-1-3-5-14/h1-9,12H,10-11H2,(H2,20,21,22,23). The third-order valence-corrected chi connectivity index (χ3v) is 3.95. The molecule has 6 heteroatoms. The van der Waals surface area contributed by atoms with Gasteiger partial charge in [-0.25, -0.2) is 4.79 Å². The van der Waals surface area contributed by atoms with Crippen LogP contribution < -0.4 is 10.6 Å². The summed E-state index contributed by atoms with van der Waals surface area (Å²) in [6.45, 7) is 0.539. The van der Waals surface area contributed by atoms with Crippen LogP contribution in [-0.4, -0.2) is 17.7 Å². The van der Waals surface area contributed by atoms with Crippen LogP contribution in [0.2, 0.25) is 0 Å². The van der Waals surface area contributed by atoms with Crippen LogP contribution in [0, 0.1) is 0 Å². The van der Waals surface area contributed by atoms with E-state index in [0.717, 1.165) is 22.0 Å². The second kappa shape index (κ2) is 7.79. The van der Waals surface area contributed by atoms with E-state index in [4.69, 9.17) is 4.52 Å². The molecule has 5 nitrogen and oxygen atoms in total. The minimum absolute atomic E-state index is 0.306. The highest BCUT2D eigenvalue weighted by Crippen LogP contribution is 2.21. The number of rotatable bonds is 5. The van der Waals surface area contributed by atoms with Crippen LogP contribution in [-0.2, 0) is 6.42 Å². The number of carbonyl (C=O) groups is 1. The molecule has 0 aliphatic heterocycles. The minimum atomic E-state index is -0.306. The Hall–Kier alpha value is -2.60. The largest absolute Gasteiger partial charge is 0.354 e. The molecule has 0 fully saturated rings. The highest BCUT2D eigenvalue weighted by molar-refractivity contribution is 9.10. The number of nitrogens with one attached hydrogen (secondary N) is 2. The summed E-state index contributed by atoms with van der Waals surface area (Å²) in [5, 5.41) is 9.32. The van der Waals surface area contributed by atoms with Crippen molar-refractivity contribution in [2.45, 2.75) is 6.42 Å². The van der Waals surface area contributed by atoms with Crippen LogP contribution in [0.1, 0.15) is 5.56 Å². The van der Waals surface area contributed by atoms with Crippen molar-refractivity contribution >= 4 is 27.8 Å². The molecule has 0 atom stereocenters.